The number of nitrogens with zero attached hydrogens (tertiary/aromatic N) is 1. The van der Waals surface area contributed by atoms with Gasteiger partial charge in [-0.2, -0.15) is 0 Å². The van der Waals surface area contributed by atoms with E-state index < -0.39 is 0 Å². The van der Waals surface area contributed by atoms with Gasteiger partial charge in [-0.05, 0) is 25.7 Å². The van der Waals surface area contributed by atoms with E-state index in [0.717, 1.165) is 18.0 Å². The topological polar surface area (TPSA) is 80.0 Å². The lowest BCUT2D eigenvalue weighted by molar-refractivity contribution is 0.0956. The lowest BCUT2D eigenvalue weighted by Gasteiger charge is -1.99. The molecular weight excluding hydrogens is 224 g/mol. The third-order valence-corrected chi connectivity index (χ3v) is 3.68. The molecule has 0 bridgehead atoms. The number of carbonyl (C=O) groups is 1. The Morgan fingerprint density at radius 3 is 2.62 bits per heavy atom. The Morgan fingerprint density at radius 2 is 2.00 bits per heavy atom. The van der Waals surface area contributed by atoms with Gasteiger partial charge in [-0.15, -0.1) is 0 Å². The van der Waals surface area contributed by atoms with E-state index >= 15 is 0 Å². The second-order valence-corrected chi connectivity index (χ2v) is 5.40. The summed E-state index contributed by atoms with van der Waals surface area (Å²) in [6.45, 7) is 0. The molecular formula is C10H14N4OS. The van der Waals surface area contributed by atoms with Crippen molar-refractivity contribution in [1.29, 1.82) is 0 Å². The summed E-state index contributed by atoms with van der Waals surface area (Å²) in [6.07, 6.45) is 4.53. The van der Waals surface area contributed by atoms with Gasteiger partial charge in [-0.3, -0.25) is 4.79 Å². The molecule has 2 aliphatic carbocycles. The summed E-state index contributed by atoms with van der Waals surface area (Å²) in [5.74, 6) is 0.257. The van der Waals surface area contributed by atoms with Gasteiger partial charge in [0.2, 0.25) is 0 Å². The first-order chi connectivity index (χ1) is 7.72. The third-order valence-electron chi connectivity index (χ3n) is 2.68. The lowest BCUT2D eigenvalue weighted by atomic mass is 10.4. The van der Waals surface area contributed by atoms with Crippen molar-refractivity contribution in [2.45, 2.75) is 37.8 Å². The van der Waals surface area contributed by atoms with Crippen LogP contribution in [0.15, 0.2) is 0 Å². The van der Waals surface area contributed by atoms with Crippen LogP contribution in [0.2, 0.25) is 0 Å². The number of hydrogen-bond donors (Lipinski definition) is 3. The van der Waals surface area contributed by atoms with Crippen molar-refractivity contribution in [3.63, 3.8) is 0 Å². The van der Waals surface area contributed by atoms with Crippen molar-refractivity contribution in [2.24, 2.45) is 0 Å². The van der Waals surface area contributed by atoms with Crippen molar-refractivity contribution < 1.29 is 4.79 Å². The number of nitrogens with one attached hydrogen (secondary N) is 2. The van der Waals surface area contributed by atoms with Crippen LogP contribution >= 0.6 is 11.3 Å². The highest BCUT2D eigenvalue weighted by Gasteiger charge is 2.27. The number of thiazole rings is 1. The molecule has 2 fully saturated rings. The number of nitrogen functional groups attached to an aromatic ring is 1. The molecule has 1 aromatic rings. The Kier molecular flexibility index (Phi) is 2.24. The molecule has 0 unspecified atom stereocenters. The van der Waals surface area contributed by atoms with E-state index in [0.29, 0.717) is 22.8 Å². The van der Waals surface area contributed by atoms with Gasteiger partial charge in [0.25, 0.3) is 5.91 Å². The van der Waals surface area contributed by atoms with Crippen LogP contribution < -0.4 is 16.4 Å². The highest BCUT2D eigenvalue weighted by atomic mass is 32.1. The van der Waals surface area contributed by atoms with Gasteiger partial charge >= 0.3 is 0 Å². The molecule has 1 heterocycles. The maximum Gasteiger partial charge on any atom is 0.265 e. The smallest absolute Gasteiger partial charge is 0.265 e. The molecule has 6 heteroatoms. The number of rotatable bonds is 4. The van der Waals surface area contributed by atoms with Crippen LogP contribution in [0.1, 0.15) is 35.4 Å². The van der Waals surface area contributed by atoms with E-state index in [1.165, 1.54) is 24.2 Å². The Bertz CT molecular complexity index is 422. The van der Waals surface area contributed by atoms with E-state index in [9.17, 15) is 4.79 Å². The number of nitrogens with two attached hydrogens (primary N) is 1. The normalized spacial score (nSPS) is 19.5. The van der Waals surface area contributed by atoms with E-state index in [4.69, 9.17) is 5.73 Å². The summed E-state index contributed by atoms with van der Waals surface area (Å²) < 4.78 is 0. The van der Waals surface area contributed by atoms with Gasteiger partial charge in [-0.1, -0.05) is 11.3 Å². The van der Waals surface area contributed by atoms with E-state index in [1.807, 2.05) is 0 Å². The quantitative estimate of drug-likeness (QED) is 0.736. The fourth-order valence-corrected chi connectivity index (χ4v) is 2.30. The van der Waals surface area contributed by atoms with Gasteiger partial charge in [0, 0.05) is 12.1 Å². The van der Waals surface area contributed by atoms with E-state index in [2.05, 4.69) is 15.6 Å². The minimum absolute atomic E-state index is 0.0821. The first-order valence-corrected chi connectivity index (χ1v) is 6.38. The zero-order valence-electron chi connectivity index (χ0n) is 8.82. The van der Waals surface area contributed by atoms with Crippen molar-refractivity contribution in [3.8, 4) is 0 Å². The molecule has 0 atom stereocenters. The Morgan fingerprint density at radius 1 is 1.31 bits per heavy atom. The van der Waals surface area contributed by atoms with E-state index in [-0.39, 0.29) is 5.91 Å². The molecule has 0 spiro atoms. The minimum atomic E-state index is -0.0821. The largest absolute Gasteiger partial charge is 0.382 e. The SMILES string of the molecule is Nc1nc(NC2CC2)sc1C(=O)NC1CC1. The maximum atomic E-state index is 11.8. The van der Waals surface area contributed by atoms with Crippen LogP contribution in [-0.2, 0) is 0 Å². The Labute approximate surface area is 97.4 Å². The summed E-state index contributed by atoms with van der Waals surface area (Å²) in [4.78, 5) is 16.5. The lowest BCUT2D eigenvalue weighted by Crippen LogP contribution is -2.25. The van der Waals surface area contributed by atoms with Crippen LogP contribution in [0.4, 0.5) is 10.9 Å². The summed E-state index contributed by atoms with van der Waals surface area (Å²) in [5.41, 5.74) is 5.73. The summed E-state index contributed by atoms with van der Waals surface area (Å²) in [7, 11) is 0. The van der Waals surface area contributed by atoms with Crippen molar-refractivity contribution in [2.75, 3.05) is 11.1 Å². The van der Waals surface area contributed by atoms with Crippen LogP contribution in [0.25, 0.3) is 0 Å². The summed E-state index contributed by atoms with van der Waals surface area (Å²) in [6, 6.07) is 0.888. The molecule has 86 valence electrons. The van der Waals surface area contributed by atoms with Crippen molar-refractivity contribution in [1.82, 2.24) is 10.3 Å². The van der Waals surface area contributed by atoms with E-state index in [1.54, 1.807) is 0 Å². The number of amides is 1. The predicted octanol–water partition coefficient (Wildman–Crippen LogP) is 1.19. The minimum Gasteiger partial charge on any atom is -0.382 e. The number of hydrogen-bond acceptors (Lipinski definition) is 5. The average Bonchev–Trinajstić information content (AvgIpc) is 3.10. The molecule has 0 aromatic carbocycles. The highest BCUT2D eigenvalue weighted by Crippen LogP contribution is 2.31. The number of carbonyl (C=O) groups excluding carboxylic acids is 1. The molecule has 5 nitrogen and oxygen atoms in total. The Balaban J connectivity index is 1.71. The number of anilines is 2. The number of aromatic nitrogens is 1. The molecule has 3 rings (SSSR count). The standard InChI is InChI=1S/C10H14N4OS/c11-8-7(9(15)12-5-1-2-5)16-10(14-8)13-6-3-4-6/h5-6H,1-4,11H2,(H,12,15)(H,13,14). The summed E-state index contributed by atoms with van der Waals surface area (Å²) in [5, 5.41) is 6.93. The highest BCUT2D eigenvalue weighted by molar-refractivity contribution is 7.18. The Hall–Kier alpha value is -1.30. The van der Waals surface area contributed by atoms with Gasteiger partial charge in [0.05, 0.1) is 0 Å². The van der Waals surface area contributed by atoms with Crippen molar-refractivity contribution >= 4 is 28.2 Å². The molecule has 0 saturated heterocycles. The average molecular weight is 238 g/mol. The van der Waals surface area contributed by atoms with Crippen LogP contribution in [0.3, 0.4) is 0 Å². The maximum absolute atomic E-state index is 11.8. The van der Waals surface area contributed by atoms with Crippen LogP contribution in [0.5, 0.6) is 0 Å². The monoisotopic (exact) mass is 238 g/mol. The zero-order valence-corrected chi connectivity index (χ0v) is 9.64. The first-order valence-electron chi connectivity index (χ1n) is 5.56. The molecule has 1 amide bonds. The van der Waals surface area contributed by atoms with Gasteiger partial charge in [-0.25, -0.2) is 4.98 Å². The third kappa shape index (κ3) is 2.11. The molecule has 2 saturated carbocycles. The zero-order chi connectivity index (χ0) is 11.1. The summed E-state index contributed by atoms with van der Waals surface area (Å²) >= 11 is 1.35. The van der Waals surface area contributed by atoms with Gasteiger partial charge in [0.1, 0.15) is 10.7 Å². The molecule has 0 radical (unpaired) electrons. The molecule has 16 heavy (non-hydrogen) atoms. The molecule has 4 N–H and O–H groups in total. The second-order valence-electron chi connectivity index (χ2n) is 4.40. The van der Waals surface area contributed by atoms with Gasteiger partial charge in [0.15, 0.2) is 5.13 Å². The van der Waals surface area contributed by atoms with Crippen LogP contribution in [0, 0.1) is 0 Å². The fourth-order valence-electron chi connectivity index (χ4n) is 1.44. The second kappa shape index (κ2) is 3.62. The molecule has 0 aliphatic heterocycles. The van der Waals surface area contributed by atoms with Crippen LogP contribution in [-0.4, -0.2) is 23.0 Å². The van der Waals surface area contributed by atoms with Crippen molar-refractivity contribution in [3.05, 3.63) is 4.88 Å². The molecule has 1 aromatic heterocycles. The molecule has 2 aliphatic rings. The predicted molar refractivity (Wildman–Crippen MR) is 63.7 cm³/mol. The first kappa shape index (κ1) is 9.89. The fraction of sp³-hybridized carbons (Fsp3) is 0.600. The van der Waals surface area contributed by atoms with Gasteiger partial charge < -0.3 is 16.4 Å².